The summed E-state index contributed by atoms with van der Waals surface area (Å²) in [5.41, 5.74) is 0. The van der Waals surface area contributed by atoms with Crippen LogP contribution in [0.1, 0.15) is 46.5 Å². The van der Waals surface area contributed by atoms with Crippen molar-refractivity contribution in [3.05, 3.63) is 0 Å². The summed E-state index contributed by atoms with van der Waals surface area (Å²) >= 11 is 0. The summed E-state index contributed by atoms with van der Waals surface area (Å²) in [4.78, 5) is 2.54. The molecule has 0 radical (unpaired) electrons. The van der Waals surface area contributed by atoms with Crippen molar-refractivity contribution in [3.8, 4) is 0 Å². The monoisotopic (exact) mass is 300 g/mol. The number of ether oxygens (including phenoxy) is 1. The van der Waals surface area contributed by atoms with Gasteiger partial charge in [-0.2, -0.15) is 0 Å². The molecule has 1 heterocycles. The minimum atomic E-state index is -0.386. The topological polar surface area (TPSA) is 44.7 Å². The first-order valence-corrected chi connectivity index (χ1v) is 8.76. The lowest BCUT2D eigenvalue weighted by Crippen LogP contribution is -2.36. The van der Waals surface area contributed by atoms with E-state index in [1.54, 1.807) is 0 Å². The normalized spacial score (nSPS) is 19.3. The summed E-state index contributed by atoms with van der Waals surface area (Å²) in [5, 5.41) is 13.2. The molecule has 2 unspecified atom stereocenters. The predicted molar refractivity (Wildman–Crippen MR) is 88.6 cm³/mol. The maximum atomic E-state index is 9.86. The molecule has 4 nitrogen and oxygen atoms in total. The lowest BCUT2D eigenvalue weighted by atomic mass is 10.1. The highest BCUT2D eigenvalue weighted by molar-refractivity contribution is 4.70. The molecule has 21 heavy (non-hydrogen) atoms. The quantitative estimate of drug-likeness (QED) is 0.542. The molecule has 2 atom stereocenters. The van der Waals surface area contributed by atoms with Crippen LogP contribution in [0.5, 0.6) is 0 Å². The first kappa shape index (κ1) is 18.9. The fraction of sp³-hybridized carbons (Fsp3) is 1.00. The zero-order valence-electron chi connectivity index (χ0n) is 14.3. The number of aliphatic hydroxyl groups excluding tert-OH is 1. The molecule has 4 heteroatoms. The van der Waals surface area contributed by atoms with Crippen LogP contribution in [0.25, 0.3) is 0 Å². The number of hydrogen-bond donors (Lipinski definition) is 2. The molecule has 126 valence electrons. The first-order valence-electron chi connectivity index (χ1n) is 8.76. The van der Waals surface area contributed by atoms with E-state index in [1.165, 1.54) is 38.9 Å². The third-order valence-corrected chi connectivity index (χ3v) is 4.02. The maximum absolute atomic E-state index is 9.86. The Morgan fingerprint density at radius 3 is 2.52 bits per heavy atom. The third-order valence-electron chi connectivity index (χ3n) is 4.02. The highest BCUT2D eigenvalue weighted by Gasteiger charge is 2.14. The van der Waals surface area contributed by atoms with Gasteiger partial charge in [0.2, 0.25) is 0 Å². The van der Waals surface area contributed by atoms with Gasteiger partial charge in [-0.25, -0.2) is 0 Å². The number of nitrogens with zero attached hydrogens (tertiary/aromatic N) is 1. The number of rotatable bonds is 12. The van der Waals surface area contributed by atoms with Crippen molar-refractivity contribution in [2.75, 3.05) is 45.9 Å². The average Bonchev–Trinajstić information content (AvgIpc) is 2.90. The molecule has 0 aromatic carbocycles. The van der Waals surface area contributed by atoms with Crippen LogP contribution in [0.2, 0.25) is 0 Å². The van der Waals surface area contributed by atoms with Crippen LogP contribution in [0.3, 0.4) is 0 Å². The molecule has 1 rings (SSSR count). The van der Waals surface area contributed by atoms with Crippen molar-refractivity contribution >= 4 is 0 Å². The fourth-order valence-electron chi connectivity index (χ4n) is 2.84. The summed E-state index contributed by atoms with van der Waals surface area (Å²) < 4.78 is 5.51. The van der Waals surface area contributed by atoms with Crippen molar-refractivity contribution in [2.45, 2.75) is 52.6 Å². The molecule has 1 saturated heterocycles. The number of aliphatic hydroxyl groups is 1. The van der Waals surface area contributed by atoms with E-state index in [2.05, 4.69) is 31.0 Å². The Labute approximate surface area is 131 Å². The molecule has 2 N–H and O–H groups in total. The Morgan fingerprint density at radius 2 is 1.86 bits per heavy atom. The van der Waals surface area contributed by atoms with Crippen molar-refractivity contribution < 1.29 is 9.84 Å². The second kappa shape index (κ2) is 11.4. The number of hydrogen-bond acceptors (Lipinski definition) is 4. The maximum Gasteiger partial charge on any atom is 0.0897 e. The molecule has 0 aliphatic carbocycles. The SMILES string of the molecule is CC(C)CCCOCC(O)CNCC(C)CN1CCCC1. The van der Waals surface area contributed by atoms with E-state index in [1.807, 2.05) is 0 Å². The van der Waals surface area contributed by atoms with Gasteiger partial charge in [0.25, 0.3) is 0 Å². The smallest absolute Gasteiger partial charge is 0.0897 e. The average molecular weight is 300 g/mol. The minimum absolute atomic E-state index is 0.386. The summed E-state index contributed by atoms with van der Waals surface area (Å²) in [6.07, 6.45) is 4.61. The van der Waals surface area contributed by atoms with Gasteiger partial charge in [0.05, 0.1) is 12.7 Å². The summed E-state index contributed by atoms with van der Waals surface area (Å²) in [6, 6.07) is 0. The van der Waals surface area contributed by atoms with Crippen molar-refractivity contribution in [1.29, 1.82) is 0 Å². The van der Waals surface area contributed by atoms with Gasteiger partial charge < -0.3 is 20.1 Å². The lowest BCUT2D eigenvalue weighted by molar-refractivity contribution is 0.0343. The van der Waals surface area contributed by atoms with E-state index in [9.17, 15) is 5.11 Å². The van der Waals surface area contributed by atoms with Gasteiger partial charge in [0, 0.05) is 19.7 Å². The molecule has 0 saturated carbocycles. The zero-order valence-corrected chi connectivity index (χ0v) is 14.3. The molecule has 0 aromatic rings. The zero-order chi connectivity index (χ0) is 15.5. The van der Waals surface area contributed by atoms with Crippen LogP contribution in [0.15, 0.2) is 0 Å². The standard InChI is InChI=1S/C17H36N2O2/c1-15(2)7-6-10-21-14-17(20)12-18-11-16(3)13-19-8-4-5-9-19/h15-18,20H,4-14H2,1-3H3. The summed E-state index contributed by atoms with van der Waals surface area (Å²) in [7, 11) is 0. The Kier molecular flexibility index (Phi) is 10.3. The van der Waals surface area contributed by atoms with Crippen LogP contribution < -0.4 is 5.32 Å². The minimum Gasteiger partial charge on any atom is -0.389 e. The number of nitrogens with one attached hydrogen (secondary N) is 1. The third kappa shape index (κ3) is 10.2. The first-order chi connectivity index (χ1) is 10.1. The molecule has 1 aliphatic heterocycles. The van der Waals surface area contributed by atoms with Crippen molar-refractivity contribution in [1.82, 2.24) is 10.2 Å². The fourth-order valence-corrected chi connectivity index (χ4v) is 2.84. The van der Waals surface area contributed by atoms with Gasteiger partial charge in [-0.15, -0.1) is 0 Å². The van der Waals surface area contributed by atoms with E-state index in [0.29, 0.717) is 19.1 Å². The van der Waals surface area contributed by atoms with Crippen molar-refractivity contribution in [3.63, 3.8) is 0 Å². The second-order valence-corrected chi connectivity index (χ2v) is 7.04. The molecule has 0 aromatic heterocycles. The van der Waals surface area contributed by atoms with Gasteiger partial charge >= 0.3 is 0 Å². The highest BCUT2D eigenvalue weighted by Crippen LogP contribution is 2.09. The molecular weight excluding hydrogens is 264 g/mol. The van der Waals surface area contributed by atoms with Gasteiger partial charge in [0.1, 0.15) is 0 Å². The summed E-state index contributed by atoms with van der Waals surface area (Å²) in [6.45, 7) is 13.2. The molecule has 1 aliphatic rings. The van der Waals surface area contributed by atoms with E-state index >= 15 is 0 Å². The van der Waals surface area contributed by atoms with Crippen molar-refractivity contribution in [2.24, 2.45) is 11.8 Å². The molecular formula is C17H36N2O2. The second-order valence-electron chi connectivity index (χ2n) is 7.04. The van der Waals surface area contributed by atoms with Gasteiger partial charge in [-0.3, -0.25) is 0 Å². The van der Waals surface area contributed by atoms with Crippen LogP contribution >= 0.6 is 0 Å². The van der Waals surface area contributed by atoms with E-state index in [0.717, 1.165) is 25.5 Å². The van der Waals surface area contributed by atoms with E-state index in [4.69, 9.17) is 4.74 Å². The van der Waals surface area contributed by atoms with Crippen LogP contribution in [-0.4, -0.2) is 62.0 Å². The Morgan fingerprint density at radius 1 is 1.14 bits per heavy atom. The molecule has 0 bridgehead atoms. The van der Waals surface area contributed by atoms with E-state index < -0.39 is 0 Å². The van der Waals surface area contributed by atoms with E-state index in [-0.39, 0.29) is 6.10 Å². The largest absolute Gasteiger partial charge is 0.389 e. The van der Waals surface area contributed by atoms with Crippen LogP contribution in [0.4, 0.5) is 0 Å². The van der Waals surface area contributed by atoms with Gasteiger partial charge in [0.15, 0.2) is 0 Å². The van der Waals surface area contributed by atoms with Gasteiger partial charge in [-0.05, 0) is 57.2 Å². The van der Waals surface area contributed by atoms with Crippen LogP contribution in [-0.2, 0) is 4.74 Å². The lowest BCUT2D eigenvalue weighted by Gasteiger charge is -2.21. The summed E-state index contributed by atoms with van der Waals surface area (Å²) in [5.74, 6) is 1.37. The van der Waals surface area contributed by atoms with Gasteiger partial charge in [-0.1, -0.05) is 20.8 Å². The van der Waals surface area contributed by atoms with Crippen LogP contribution in [0, 0.1) is 11.8 Å². The Balaban J connectivity index is 1.91. The molecule has 0 amide bonds. The molecule has 0 spiro atoms. The molecule has 1 fully saturated rings. The Bertz CT molecular complexity index is 243. The predicted octanol–water partition coefficient (Wildman–Crippen LogP) is 2.12. The number of likely N-dealkylation sites (tertiary alicyclic amines) is 1. The highest BCUT2D eigenvalue weighted by atomic mass is 16.5. The Hall–Kier alpha value is -0.160.